The van der Waals surface area contributed by atoms with E-state index in [0.29, 0.717) is 5.75 Å². The Hall–Kier alpha value is -0.390. The van der Waals surface area contributed by atoms with Crippen molar-refractivity contribution < 1.29 is 8.42 Å². The Morgan fingerprint density at radius 2 is 2.32 bits per heavy atom. The van der Waals surface area contributed by atoms with E-state index in [1.807, 2.05) is 0 Å². The van der Waals surface area contributed by atoms with Gasteiger partial charge in [-0.3, -0.25) is 0 Å². The van der Waals surface area contributed by atoms with Crippen molar-refractivity contribution in [2.45, 2.75) is 50.3 Å². The summed E-state index contributed by atoms with van der Waals surface area (Å²) in [6.07, 6.45) is 4.55. The number of thiophene rings is 1. The fourth-order valence-electron chi connectivity index (χ4n) is 2.76. The predicted octanol–water partition coefficient (Wildman–Crippen LogP) is 2.63. The van der Waals surface area contributed by atoms with Gasteiger partial charge in [0.05, 0.1) is 11.0 Å². The van der Waals surface area contributed by atoms with E-state index in [4.69, 9.17) is 0 Å². The number of sulfone groups is 1. The van der Waals surface area contributed by atoms with Crippen molar-refractivity contribution in [2.75, 3.05) is 12.3 Å². The van der Waals surface area contributed by atoms with Gasteiger partial charge >= 0.3 is 0 Å². The van der Waals surface area contributed by atoms with Crippen LogP contribution in [0.4, 0.5) is 0 Å². The molecule has 2 atom stereocenters. The standard InChI is InChI=1S/C14H23NO2S2/c1-2-7-15-13(10-12-6-8-18-11-12)14-5-3-4-9-19(14,16)17/h6,8,11,13-15H,2-5,7,9-10H2,1H3. The van der Waals surface area contributed by atoms with Gasteiger partial charge in [0.25, 0.3) is 0 Å². The van der Waals surface area contributed by atoms with Gasteiger partial charge < -0.3 is 5.32 Å². The number of rotatable bonds is 6. The van der Waals surface area contributed by atoms with Crippen LogP contribution in [0.1, 0.15) is 38.2 Å². The highest BCUT2D eigenvalue weighted by Crippen LogP contribution is 2.24. The average Bonchev–Trinajstić information content (AvgIpc) is 2.87. The third kappa shape index (κ3) is 4.04. The van der Waals surface area contributed by atoms with E-state index in [1.54, 1.807) is 11.3 Å². The van der Waals surface area contributed by atoms with E-state index in [-0.39, 0.29) is 11.3 Å². The van der Waals surface area contributed by atoms with Gasteiger partial charge in [0.2, 0.25) is 0 Å². The zero-order valence-electron chi connectivity index (χ0n) is 11.5. The molecule has 1 aromatic heterocycles. The third-order valence-corrected chi connectivity index (χ3v) is 6.85. The summed E-state index contributed by atoms with van der Waals surface area (Å²) >= 11 is 1.67. The van der Waals surface area contributed by atoms with Crippen LogP contribution in [0.15, 0.2) is 16.8 Å². The highest BCUT2D eigenvalue weighted by Gasteiger charge is 2.35. The van der Waals surface area contributed by atoms with Crippen molar-refractivity contribution in [3.05, 3.63) is 22.4 Å². The second kappa shape index (κ2) is 6.86. The maximum absolute atomic E-state index is 12.3. The Balaban J connectivity index is 2.11. The second-order valence-corrected chi connectivity index (χ2v) is 8.42. The van der Waals surface area contributed by atoms with E-state index in [0.717, 1.165) is 38.6 Å². The Bertz CT molecular complexity index is 468. The summed E-state index contributed by atoms with van der Waals surface area (Å²) in [4.78, 5) is 0. The maximum atomic E-state index is 12.3. The molecule has 2 heterocycles. The predicted molar refractivity (Wildman–Crippen MR) is 81.5 cm³/mol. The van der Waals surface area contributed by atoms with Crippen molar-refractivity contribution >= 4 is 21.2 Å². The molecule has 1 aliphatic heterocycles. The highest BCUT2D eigenvalue weighted by molar-refractivity contribution is 7.92. The molecule has 0 radical (unpaired) electrons. The van der Waals surface area contributed by atoms with Gasteiger partial charge in [-0.2, -0.15) is 11.3 Å². The maximum Gasteiger partial charge on any atom is 0.154 e. The molecule has 0 bridgehead atoms. The summed E-state index contributed by atoms with van der Waals surface area (Å²) in [6, 6.07) is 2.17. The first-order valence-corrected chi connectivity index (χ1v) is 9.75. The Morgan fingerprint density at radius 3 is 2.95 bits per heavy atom. The monoisotopic (exact) mass is 301 g/mol. The lowest BCUT2D eigenvalue weighted by Crippen LogP contribution is -2.48. The zero-order chi connectivity index (χ0) is 13.7. The van der Waals surface area contributed by atoms with Crippen molar-refractivity contribution in [1.82, 2.24) is 5.32 Å². The Morgan fingerprint density at radius 1 is 1.47 bits per heavy atom. The van der Waals surface area contributed by atoms with Crippen LogP contribution in [0.25, 0.3) is 0 Å². The first-order valence-electron chi connectivity index (χ1n) is 7.09. The smallest absolute Gasteiger partial charge is 0.154 e. The van der Waals surface area contributed by atoms with E-state index in [2.05, 4.69) is 29.1 Å². The van der Waals surface area contributed by atoms with Crippen LogP contribution in [0.2, 0.25) is 0 Å². The molecule has 1 aromatic rings. The van der Waals surface area contributed by atoms with E-state index in [1.165, 1.54) is 5.56 Å². The van der Waals surface area contributed by atoms with Crippen LogP contribution >= 0.6 is 11.3 Å². The SMILES string of the molecule is CCCNC(Cc1ccsc1)C1CCCCS1(=O)=O. The number of nitrogens with one attached hydrogen (secondary N) is 1. The minimum Gasteiger partial charge on any atom is -0.312 e. The summed E-state index contributed by atoms with van der Waals surface area (Å²) in [5.74, 6) is 0.367. The van der Waals surface area contributed by atoms with Gasteiger partial charge in [-0.25, -0.2) is 8.42 Å². The van der Waals surface area contributed by atoms with Crippen LogP contribution < -0.4 is 5.32 Å². The number of hydrogen-bond donors (Lipinski definition) is 1. The lowest BCUT2D eigenvalue weighted by atomic mass is 10.0. The lowest BCUT2D eigenvalue weighted by molar-refractivity contribution is 0.434. The third-order valence-electron chi connectivity index (χ3n) is 3.77. The Kier molecular flexibility index (Phi) is 5.42. The molecule has 108 valence electrons. The molecule has 0 amide bonds. The lowest BCUT2D eigenvalue weighted by Gasteiger charge is -2.30. The molecule has 0 spiro atoms. The fraction of sp³-hybridized carbons (Fsp3) is 0.714. The first kappa shape index (κ1) is 15.0. The summed E-state index contributed by atoms with van der Waals surface area (Å²) in [6.45, 7) is 3.00. The molecular weight excluding hydrogens is 278 g/mol. The van der Waals surface area contributed by atoms with Crippen molar-refractivity contribution in [3.63, 3.8) is 0 Å². The first-order chi connectivity index (χ1) is 9.13. The largest absolute Gasteiger partial charge is 0.312 e. The van der Waals surface area contributed by atoms with Gasteiger partial charge in [-0.05, 0) is 54.6 Å². The minimum absolute atomic E-state index is 0.0693. The van der Waals surface area contributed by atoms with Crippen LogP contribution in [-0.4, -0.2) is 32.0 Å². The molecule has 2 rings (SSSR count). The average molecular weight is 301 g/mol. The van der Waals surface area contributed by atoms with E-state index in [9.17, 15) is 8.42 Å². The molecule has 0 aliphatic carbocycles. The highest BCUT2D eigenvalue weighted by atomic mass is 32.2. The van der Waals surface area contributed by atoms with Crippen molar-refractivity contribution in [1.29, 1.82) is 0 Å². The van der Waals surface area contributed by atoms with Crippen LogP contribution in [0.3, 0.4) is 0 Å². The van der Waals surface area contributed by atoms with Gasteiger partial charge in [-0.15, -0.1) is 0 Å². The second-order valence-electron chi connectivity index (χ2n) is 5.30. The van der Waals surface area contributed by atoms with Crippen molar-refractivity contribution in [2.24, 2.45) is 0 Å². The topological polar surface area (TPSA) is 46.2 Å². The summed E-state index contributed by atoms with van der Waals surface area (Å²) in [5.41, 5.74) is 1.25. The summed E-state index contributed by atoms with van der Waals surface area (Å²) in [7, 11) is -2.92. The van der Waals surface area contributed by atoms with E-state index >= 15 is 0 Å². The van der Waals surface area contributed by atoms with Gasteiger partial charge in [0, 0.05) is 6.04 Å². The Labute approximate surface area is 120 Å². The normalized spacial score (nSPS) is 24.2. The fourth-order valence-corrected chi connectivity index (χ4v) is 5.57. The molecule has 0 aromatic carbocycles. The molecule has 3 nitrogen and oxygen atoms in total. The molecular formula is C14H23NO2S2. The van der Waals surface area contributed by atoms with Crippen LogP contribution in [0.5, 0.6) is 0 Å². The van der Waals surface area contributed by atoms with E-state index < -0.39 is 9.84 Å². The molecule has 2 unspecified atom stereocenters. The van der Waals surface area contributed by atoms with Gasteiger partial charge in [-0.1, -0.05) is 13.3 Å². The minimum atomic E-state index is -2.92. The van der Waals surface area contributed by atoms with Gasteiger partial charge in [0.15, 0.2) is 9.84 Å². The number of hydrogen-bond acceptors (Lipinski definition) is 4. The molecule has 0 saturated carbocycles. The quantitative estimate of drug-likeness (QED) is 0.878. The molecule has 19 heavy (non-hydrogen) atoms. The van der Waals surface area contributed by atoms with Gasteiger partial charge in [0.1, 0.15) is 0 Å². The zero-order valence-corrected chi connectivity index (χ0v) is 13.1. The van der Waals surface area contributed by atoms with Crippen LogP contribution in [-0.2, 0) is 16.3 Å². The molecule has 1 saturated heterocycles. The molecule has 1 fully saturated rings. The van der Waals surface area contributed by atoms with Crippen molar-refractivity contribution in [3.8, 4) is 0 Å². The molecule has 1 aliphatic rings. The van der Waals surface area contributed by atoms with Crippen LogP contribution in [0, 0.1) is 0 Å². The molecule has 5 heteroatoms. The summed E-state index contributed by atoms with van der Waals surface area (Å²) < 4.78 is 24.6. The molecule has 1 N–H and O–H groups in total. The summed E-state index contributed by atoms with van der Waals surface area (Å²) in [5, 5.41) is 7.44.